The van der Waals surface area contributed by atoms with Gasteiger partial charge in [0.15, 0.2) is 5.96 Å². The van der Waals surface area contributed by atoms with Crippen molar-refractivity contribution in [2.45, 2.75) is 45.6 Å². The highest BCUT2D eigenvalue weighted by molar-refractivity contribution is 7.98. The lowest BCUT2D eigenvalue weighted by molar-refractivity contribution is 0.139. The maximum absolute atomic E-state index is 4.31. The minimum Gasteiger partial charge on any atom is -0.356 e. The van der Waals surface area contributed by atoms with Gasteiger partial charge in [0.1, 0.15) is 0 Å². The summed E-state index contributed by atoms with van der Waals surface area (Å²) >= 11 is 1.92. The molecular formula is C16H34N4S. The Morgan fingerprint density at radius 2 is 2.19 bits per heavy atom. The SMILES string of the molecule is CN=C(NCCCCSC)NCC(C)N1CCCC(C)C1. The van der Waals surface area contributed by atoms with E-state index in [4.69, 9.17) is 0 Å². The molecule has 1 aliphatic heterocycles. The molecule has 0 aromatic heterocycles. The van der Waals surface area contributed by atoms with Crippen molar-refractivity contribution >= 4 is 17.7 Å². The second kappa shape index (κ2) is 11.2. The average Bonchev–Trinajstić information content (AvgIpc) is 2.49. The van der Waals surface area contributed by atoms with E-state index in [0.29, 0.717) is 6.04 Å². The van der Waals surface area contributed by atoms with E-state index in [1.807, 2.05) is 18.8 Å². The van der Waals surface area contributed by atoms with Gasteiger partial charge in [0.25, 0.3) is 0 Å². The van der Waals surface area contributed by atoms with Gasteiger partial charge >= 0.3 is 0 Å². The molecule has 21 heavy (non-hydrogen) atoms. The molecular weight excluding hydrogens is 280 g/mol. The molecule has 1 rings (SSSR count). The second-order valence-electron chi connectivity index (χ2n) is 6.17. The van der Waals surface area contributed by atoms with Gasteiger partial charge in [0.2, 0.25) is 0 Å². The van der Waals surface area contributed by atoms with Crippen LogP contribution < -0.4 is 10.6 Å². The Morgan fingerprint density at radius 3 is 2.86 bits per heavy atom. The van der Waals surface area contributed by atoms with E-state index in [-0.39, 0.29) is 0 Å². The molecule has 0 aliphatic carbocycles. The highest BCUT2D eigenvalue weighted by atomic mass is 32.2. The lowest BCUT2D eigenvalue weighted by Crippen LogP contribution is -2.48. The van der Waals surface area contributed by atoms with Crippen LogP contribution in [0.3, 0.4) is 0 Å². The number of nitrogens with one attached hydrogen (secondary N) is 2. The number of likely N-dealkylation sites (tertiary alicyclic amines) is 1. The van der Waals surface area contributed by atoms with Gasteiger partial charge in [-0.05, 0) is 57.1 Å². The van der Waals surface area contributed by atoms with Crippen LogP contribution in [0.25, 0.3) is 0 Å². The fourth-order valence-corrected chi connectivity index (χ4v) is 3.29. The van der Waals surface area contributed by atoms with E-state index in [0.717, 1.165) is 25.0 Å². The lowest BCUT2D eigenvalue weighted by Gasteiger charge is -2.35. The number of rotatable bonds is 8. The first-order valence-corrected chi connectivity index (χ1v) is 9.74. The molecule has 0 saturated carbocycles. The Hall–Kier alpha value is -0.420. The summed E-state index contributed by atoms with van der Waals surface area (Å²) < 4.78 is 0. The van der Waals surface area contributed by atoms with E-state index in [1.54, 1.807) is 0 Å². The summed E-state index contributed by atoms with van der Waals surface area (Å²) in [6, 6.07) is 0.572. The highest BCUT2D eigenvalue weighted by Gasteiger charge is 2.20. The first-order chi connectivity index (χ1) is 10.2. The number of guanidine groups is 1. The van der Waals surface area contributed by atoms with Crippen molar-refractivity contribution in [3.05, 3.63) is 0 Å². The molecule has 124 valence electrons. The van der Waals surface area contributed by atoms with Gasteiger partial charge in [0, 0.05) is 32.7 Å². The predicted octanol–water partition coefficient (Wildman–Crippen LogP) is 2.42. The van der Waals surface area contributed by atoms with Crippen LogP contribution in [0.1, 0.15) is 39.5 Å². The maximum atomic E-state index is 4.31. The van der Waals surface area contributed by atoms with Crippen molar-refractivity contribution in [1.29, 1.82) is 0 Å². The van der Waals surface area contributed by atoms with Crippen LogP contribution in [0, 0.1) is 5.92 Å². The van der Waals surface area contributed by atoms with Crippen LogP contribution in [0.15, 0.2) is 4.99 Å². The minimum atomic E-state index is 0.572. The number of aliphatic imine (C=N–C) groups is 1. The van der Waals surface area contributed by atoms with Gasteiger partial charge in [0.05, 0.1) is 0 Å². The van der Waals surface area contributed by atoms with E-state index < -0.39 is 0 Å². The topological polar surface area (TPSA) is 39.7 Å². The summed E-state index contributed by atoms with van der Waals surface area (Å²) in [4.78, 5) is 6.91. The zero-order valence-electron chi connectivity index (χ0n) is 14.3. The van der Waals surface area contributed by atoms with Gasteiger partial charge in [-0.1, -0.05) is 6.92 Å². The first kappa shape index (κ1) is 18.6. The van der Waals surface area contributed by atoms with Gasteiger partial charge in [-0.3, -0.25) is 9.89 Å². The number of nitrogens with zero attached hydrogens (tertiary/aromatic N) is 2. The Bertz CT molecular complexity index is 296. The standard InChI is InChI=1S/C16H34N4S/c1-14-8-7-10-20(13-14)15(2)12-19-16(17-3)18-9-5-6-11-21-4/h14-15H,5-13H2,1-4H3,(H2,17,18,19). The molecule has 0 radical (unpaired) electrons. The van der Waals surface area contributed by atoms with Gasteiger partial charge in [-0.2, -0.15) is 11.8 Å². The summed E-state index contributed by atoms with van der Waals surface area (Å²) in [7, 11) is 1.85. The molecule has 0 bridgehead atoms. The van der Waals surface area contributed by atoms with Gasteiger partial charge in [-0.25, -0.2) is 0 Å². The van der Waals surface area contributed by atoms with E-state index >= 15 is 0 Å². The normalized spacial score (nSPS) is 22.1. The van der Waals surface area contributed by atoms with E-state index in [2.05, 4.69) is 40.6 Å². The molecule has 2 N–H and O–H groups in total. The summed E-state index contributed by atoms with van der Waals surface area (Å²) in [5.41, 5.74) is 0. The number of hydrogen-bond donors (Lipinski definition) is 2. The molecule has 0 spiro atoms. The molecule has 1 heterocycles. The zero-order valence-corrected chi connectivity index (χ0v) is 15.1. The maximum Gasteiger partial charge on any atom is 0.191 e. The van der Waals surface area contributed by atoms with Crippen LogP contribution in [-0.2, 0) is 0 Å². The molecule has 2 atom stereocenters. The molecule has 1 aliphatic rings. The molecule has 2 unspecified atom stereocenters. The molecule has 1 saturated heterocycles. The number of hydrogen-bond acceptors (Lipinski definition) is 3. The number of piperidine rings is 1. The smallest absolute Gasteiger partial charge is 0.191 e. The summed E-state index contributed by atoms with van der Waals surface area (Å²) in [6.07, 6.45) is 7.37. The Morgan fingerprint density at radius 1 is 1.38 bits per heavy atom. The third-order valence-corrected chi connectivity index (χ3v) is 4.86. The minimum absolute atomic E-state index is 0.572. The Labute approximate surface area is 135 Å². The highest BCUT2D eigenvalue weighted by Crippen LogP contribution is 2.17. The summed E-state index contributed by atoms with van der Waals surface area (Å²) in [5, 5.41) is 6.87. The van der Waals surface area contributed by atoms with Crippen molar-refractivity contribution in [1.82, 2.24) is 15.5 Å². The van der Waals surface area contributed by atoms with Crippen LogP contribution in [0.2, 0.25) is 0 Å². The molecule has 0 amide bonds. The fraction of sp³-hybridized carbons (Fsp3) is 0.938. The van der Waals surface area contributed by atoms with Crippen LogP contribution in [-0.4, -0.2) is 62.1 Å². The van der Waals surface area contributed by atoms with Crippen LogP contribution >= 0.6 is 11.8 Å². The van der Waals surface area contributed by atoms with Crippen molar-refractivity contribution < 1.29 is 0 Å². The lowest BCUT2D eigenvalue weighted by atomic mass is 9.99. The van der Waals surface area contributed by atoms with Crippen LogP contribution in [0.4, 0.5) is 0 Å². The largest absolute Gasteiger partial charge is 0.356 e. The zero-order chi connectivity index (χ0) is 15.5. The monoisotopic (exact) mass is 314 g/mol. The average molecular weight is 315 g/mol. The van der Waals surface area contributed by atoms with E-state index in [1.165, 1.54) is 44.5 Å². The van der Waals surface area contributed by atoms with Crippen molar-refractivity contribution in [2.24, 2.45) is 10.9 Å². The summed E-state index contributed by atoms with van der Waals surface area (Å²) in [5.74, 6) is 3.03. The van der Waals surface area contributed by atoms with Crippen molar-refractivity contribution in [2.75, 3.05) is 45.2 Å². The van der Waals surface area contributed by atoms with Gasteiger partial charge < -0.3 is 10.6 Å². The van der Waals surface area contributed by atoms with Gasteiger partial charge in [-0.15, -0.1) is 0 Å². The van der Waals surface area contributed by atoms with E-state index in [9.17, 15) is 0 Å². The van der Waals surface area contributed by atoms with Crippen LogP contribution in [0.5, 0.6) is 0 Å². The Kier molecular flexibility index (Phi) is 9.92. The second-order valence-corrected chi connectivity index (χ2v) is 7.16. The fourth-order valence-electron chi connectivity index (χ4n) is 2.80. The first-order valence-electron chi connectivity index (χ1n) is 8.34. The Balaban J connectivity index is 2.18. The number of unbranched alkanes of at least 4 members (excludes halogenated alkanes) is 1. The quantitative estimate of drug-likeness (QED) is 0.410. The molecule has 1 fully saturated rings. The van der Waals surface area contributed by atoms with Crippen molar-refractivity contribution in [3.63, 3.8) is 0 Å². The molecule has 0 aromatic carbocycles. The molecule has 0 aromatic rings. The third-order valence-electron chi connectivity index (χ3n) is 4.17. The molecule has 5 heteroatoms. The predicted molar refractivity (Wildman–Crippen MR) is 96.4 cm³/mol. The third kappa shape index (κ3) is 7.96. The molecule has 4 nitrogen and oxygen atoms in total. The number of thioether (sulfide) groups is 1. The summed E-state index contributed by atoms with van der Waals surface area (Å²) in [6.45, 7) is 9.14. The van der Waals surface area contributed by atoms with Crippen molar-refractivity contribution in [3.8, 4) is 0 Å².